The number of fused-ring (bicyclic) bond motifs is 1. The van der Waals surface area contributed by atoms with Crippen LogP contribution < -0.4 is 10.2 Å². The van der Waals surface area contributed by atoms with Crippen molar-refractivity contribution in [3.63, 3.8) is 0 Å². The van der Waals surface area contributed by atoms with Crippen molar-refractivity contribution in [1.29, 1.82) is 0 Å². The molecule has 4 aromatic rings. The van der Waals surface area contributed by atoms with E-state index in [-0.39, 0.29) is 39.9 Å². The molecule has 3 aromatic carbocycles. The van der Waals surface area contributed by atoms with Crippen molar-refractivity contribution >= 4 is 40.0 Å². The van der Waals surface area contributed by atoms with Gasteiger partial charge in [-0.15, -0.1) is 0 Å². The highest BCUT2D eigenvalue weighted by atomic mass is 35.5. The molecule has 4 nitrogen and oxygen atoms in total. The zero-order valence-corrected chi connectivity index (χ0v) is 17.5. The summed E-state index contributed by atoms with van der Waals surface area (Å²) in [6.45, 7) is 1.55. The Morgan fingerprint density at radius 2 is 1.77 bits per heavy atom. The molecule has 0 aliphatic heterocycles. The van der Waals surface area contributed by atoms with E-state index in [0.29, 0.717) is 21.6 Å². The van der Waals surface area contributed by atoms with E-state index in [0.717, 1.165) is 5.56 Å². The van der Waals surface area contributed by atoms with E-state index in [1.807, 2.05) is 43.3 Å². The van der Waals surface area contributed by atoms with Crippen molar-refractivity contribution < 1.29 is 13.9 Å². The SMILES string of the molecule is Cc1ccc2c(=O)c(OCC(=O)c3ccc(Cl)cc3Cl)c(-c3ccccc3)oc2c1. The van der Waals surface area contributed by atoms with Gasteiger partial charge in [-0.1, -0.05) is 59.6 Å². The van der Waals surface area contributed by atoms with Gasteiger partial charge in [0.2, 0.25) is 17.0 Å². The van der Waals surface area contributed by atoms with Gasteiger partial charge in [0.15, 0.2) is 12.4 Å². The third kappa shape index (κ3) is 3.97. The number of Topliss-reactive ketones (excluding diaryl/α,β-unsaturated/α-hetero) is 1. The number of halogens is 2. The lowest BCUT2D eigenvalue weighted by Gasteiger charge is -2.12. The smallest absolute Gasteiger partial charge is 0.235 e. The predicted molar refractivity (Wildman–Crippen MR) is 119 cm³/mol. The van der Waals surface area contributed by atoms with Crippen molar-refractivity contribution in [1.82, 2.24) is 0 Å². The average Bonchev–Trinajstić information content (AvgIpc) is 2.73. The molecule has 4 rings (SSSR count). The molecule has 6 heteroatoms. The van der Waals surface area contributed by atoms with Crippen LogP contribution in [-0.2, 0) is 0 Å². The normalized spacial score (nSPS) is 10.9. The first-order chi connectivity index (χ1) is 14.4. The van der Waals surface area contributed by atoms with Crippen LogP contribution in [0.15, 0.2) is 75.9 Å². The van der Waals surface area contributed by atoms with E-state index in [4.69, 9.17) is 32.4 Å². The summed E-state index contributed by atoms with van der Waals surface area (Å²) >= 11 is 12.0. The van der Waals surface area contributed by atoms with Gasteiger partial charge in [-0.05, 0) is 42.8 Å². The molecule has 0 amide bonds. The number of aryl methyl sites for hydroxylation is 1. The Hall–Kier alpha value is -3.08. The van der Waals surface area contributed by atoms with E-state index in [1.165, 1.54) is 12.1 Å². The summed E-state index contributed by atoms with van der Waals surface area (Å²) in [5.74, 6) is -0.122. The minimum atomic E-state index is -0.376. The summed E-state index contributed by atoms with van der Waals surface area (Å²) < 4.78 is 11.8. The largest absolute Gasteiger partial charge is 0.478 e. The number of ketones is 1. The zero-order valence-electron chi connectivity index (χ0n) is 15.9. The first-order valence-electron chi connectivity index (χ1n) is 9.18. The van der Waals surface area contributed by atoms with Gasteiger partial charge in [0.1, 0.15) is 5.58 Å². The highest BCUT2D eigenvalue weighted by molar-refractivity contribution is 6.36. The second kappa shape index (κ2) is 8.34. The summed E-state index contributed by atoms with van der Waals surface area (Å²) in [6.07, 6.45) is 0. The second-order valence-corrected chi connectivity index (χ2v) is 7.63. The fourth-order valence-corrected chi connectivity index (χ4v) is 3.64. The maximum absolute atomic E-state index is 13.2. The minimum Gasteiger partial charge on any atom is -0.478 e. The number of carbonyl (C=O) groups is 1. The summed E-state index contributed by atoms with van der Waals surface area (Å²) in [6, 6.07) is 19.0. The van der Waals surface area contributed by atoms with Gasteiger partial charge in [-0.3, -0.25) is 9.59 Å². The van der Waals surface area contributed by atoms with Crippen molar-refractivity contribution in [3.05, 3.63) is 98.1 Å². The molecule has 0 unspecified atom stereocenters. The minimum absolute atomic E-state index is 0.0176. The Kier molecular flexibility index (Phi) is 5.62. The zero-order chi connectivity index (χ0) is 21.3. The second-order valence-electron chi connectivity index (χ2n) is 6.79. The Morgan fingerprint density at radius 3 is 2.50 bits per heavy atom. The van der Waals surface area contributed by atoms with Crippen LogP contribution in [0.5, 0.6) is 5.75 Å². The van der Waals surface area contributed by atoms with Crippen LogP contribution in [0.3, 0.4) is 0 Å². The molecule has 0 radical (unpaired) electrons. The third-order valence-electron chi connectivity index (χ3n) is 4.62. The molecule has 0 fully saturated rings. The maximum atomic E-state index is 13.2. The third-order valence-corrected chi connectivity index (χ3v) is 5.17. The molecular formula is C24H16Cl2O4. The fourth-order valence-electron chi connectivity index (χ4n) is 3.13. The quantitative estimate of drug-likeness (QED) is 0.341. The van der Waals surface area contributed by atoms with Crippen LogP contribution in [0.4, 0.5) is 0 Å². The summed E-state index contributed by atoms with van der Waals surface area (Å²) in [7, 11) is 0. The number of hydrogen-bond donors (Lipinski definition) is 0. The van der Waals surface area contributed by atoms with Gasteiger partial charge in [0, 0.05) is 16.1 Å². The Labute approximate surface area is 182 Å². The van der Waals surface area contributed by atoms with Crippen LogP contribution in [0.2, 0.25) is 10.0 Å². The number of hydrogen-bond acceptors (Lipinski definition) is 4. The lowest BCUT2D eigenvalue weighted by atomic mass is 10.1. The molecule has 1 heterocycles. The number of carbonyl (C=O) groups excluding carboxylic acids is 1. The van der Waals surface area contributed by atoms with Crippen molar-refractivity contribution in [3.8, 4) is 17.1 Å². The summed E-state index contributed by atoms with van der Waals surface area (Å²) in [5.41, 5.74) is 2.02. The van der Waals surface area contributed by atoms with Crippen LogP contribution in [0.25, 0.3) is 22.3 Å². The van der Waals surface area contributed by atoms with Crippen LogP contribution in [0.1, 0.15) is 15.9 Å². The molecule has 0 aliphatic carbocycles. The van der Waals surface area contributed by atoms with Crippen molar-refractivity contribution in [2.24, 2.45) is 0 Å². The van der Waals surface area contributed by atoms with E-state index in [1.54, 1.807) is 18.2 Å². The Morgan fingerprint density at radius 1 is 1.00 bits per heavy atom. The monoisotopic (exact) mass is 438 g/mol. The first-order valence-corrected chi connectivity index (χ1v) is 9.93. The Balaban J connectivity index is 1.77. The van der Waals surface area contributed by atoms with Crippen LogP contribution in [-0.4, -0.2) is 12.4 Å². The predicted octanol–water partition coefficient (Wildman–Crippen LogP) is 6.34. The highest BCUT2D eigenvalue weighted by Crippen LogP contribution is 2.31. The van der Waals surface area contributed by atoms with E-state index in [9.17, 15) is 9.59 Å². The molecule has 0 saturated carbocycles. The molecule has 0 N–H and O–H groups in total. The molecular weight excluding hydrogens is 423 g/mol. The molecule has 0 bridgehead atoms. The number of ether oxygens (including phenoxy) is 1. The van der Waals surface area contributed by atoms with Crippen molar-refractivity contribution in [2.45, 2.75) is 6.92 Å². The van der Waals surface area contributed by atoms with E-state index >= 15 is 0 Å². The van der Waals surface area contributed by atoms with Gasteiger partial charge < -0.3 is 9.15 Å². The molecule has 0 spiro atoms. The van der Waals surface area contributed by atoms with E-state index < -0.39 is 0 Å². The standard InChI is InChI=1S/C24H16Cl2O4/c1-14-7-9-18-21(11-14)30-23(15-5-3-2-4-6-15)24(22(18)28)29-13-20(27)17-10-8-16(25)12-19(17)26/h2-12H,13H2,1H3. The van der Waals surface area contributed by atoms with Gasteiger partial charge in [-0.2, -0.15) is 0 Å². The molecule has 150 valence electrons. The van der Waals surface area contributed by atoms with Crippen LogP contribution in [0, 0.1) is 6.92 Å². The number of rotatable bonds is 5. The fraction of sp³-hybridized carbons (Fsp3) is 0.0833. The lowest BCUT2D eigenvalue weighted by Crippen LogP contribution is -2.17. The van der Waals surface area contributed by atoms with Gasteiger partial charge in [-0.25, -0.2) is 0 Å². The van der Waals surface area contributed by atoms with Gasteiger partial charge >= 0.3 is 0 Å². The maximum Gasteiger partial charge on any atom is 0.235 e. The first kappa shape index (κ1) is 20.2. The lowest BCUT2D eigenvalue weighted by molar-refractivity contribution is 0.0920. The van der Waals surface area contributed by atoms with Gasteiger partial charge in [0.05, 0.1) is 10.4 Å². The van der Waals surface area contributed by atoms with Crippen molar-refractivity contribution in [2.75, 3.05) is 6.61 Å². The molecule has 30 heavy (non-hydrogen) atoms. The topological polar surface area (TPSA) is 56.5 Å². The summed E-state index contributed by atoms with van der Waals surface area (Å²) in [5, 5.41) is 1.03. The highest BCUT2D eigenvalue weighted by Gasteiger charge is 2.20. The van der Waals surface area contributed by atoms with E-state index in [2.05, 4.69) is 0 Å². The van der Waals surface area contributed by atoms with Crippen LogP contribution >= 0.6 is 23.2 Å². The van der Waals surface area contributed by atoms with Gasteiger partial charge in [0.25, 0.3) is 0 Å². The number of benzene rings is 3. The summed E-state index contributed by atoms with van der Waals surface area (Å²) in [4.78, 5) is 25.8. The molecule has 0 aliphatic rings. The molecule has 0 atom stereocenters. The molecule has 1 aromatic heterocycles. The average molecular weight is 439 g/mol. The Bertz CT molecular complexity index is 1310. The molecule has 0 saturated heterocycles.